The monoisotopic (exact) mass is 427 g/mol. The third kappa shape index (κ3) is 3.80. The number of anilines is 1. The van der Waals surface area contributed by atoms with Crippen LogP contribution in [0.4, 0.5) is 5.82 Å². The maximum Gasteiger partial charge on any atom is 0.253 e. The summed E-state index contributed by atoms with van der Waals surface area (Å²) in [7, 11) is 0. The van der Waals surface area contributed by atoms with E-state index in [9.17, 15) is 4.79 Å². The lowest BCUT2D eigenvalue weighted by atomic mass is 10.1. The Balaban J connectivity index is 1.44. The van der Waals surface area contributed by atoms with Gasteiger partial charge in [0.15, 0.2) is 11.6 Å². The number of carbonyl (C=O) groups excluding carboxylic acids is 1. The molecule has 1 aliphatic rings. The van der Waals surface area contributed by atoms with Crippen LogP contribution < -0.4 is 11.1 Å². The summed E-state index contributed by atoms with van der Waals surface area (Å²) in [5.41, 5.74) is 11.7. The molecule has 0 radical (unpaired) electrons. The van der Waals surface area contributed by atoms with Crippen molar-refractivity contribution in [3.05, 3.63) is 59.8 Å². The molecule has 32 heavy (non-hydrogen) atoms. The van der Waals surface area contributed by atoms with Crippen LogP contribution in [0.15, 0.2) is 48.7 Å². The van der Waals surface area contributed by atoms with Crippen LogP contribution in [0, 0.1) is 6.92 Å². The van der Waals surface area contributed by atoms with Crippen LogP contribution in [-0.4, -0.2) is 56.9 Å². The SMILES string of the molecule is Cc1cccc2[nH]c(-c3nc(-c4ccc(C(=O)N5CCCNCC5)cc4)cnc3N)nc12. The summed E-state index contributed by atoms with van der Waals surface area (Å²) >= 11 is 0. The number of nitrogens with one attached hydrogen (secondary N) is 2. The van der Waals surface area contributed by atoms with Gasteiger partial charge in [0.25, 0.3) is 5.91 Å². The molecule has 2 aromatic carbocycles. The lowest BCUT2D eigenvalue weighted by molar-refractivity contribution is 0.0766. The number of aromatic nitrogens is 4. The van der Waals surface area contributed by atoms with Crippen molar-refractivity contribution >= 4 is 22.8 Å². The van der Waals surface area contributed by atoms with Gasteiger partial charge in [-0.25, -0.2) is 15.0 Å². The molecule has 1 amide bonds. The maximum atomic E-state index is 12.8. The van der Waals surface area contributed by atoms with Gasteiger partial charge in [-0.3, -0.25) is 4.79 Å². The van der Waals surface area contributed by atoms with Crippen LogP contribution in [0.25, 0.3) is 33.8 Å². The molecule has 1 fully saturated rings. The van der Waals surface area contributed by atoms with E-state index >= 15 is 0 Å². The number of aryl methyl sites for hydroxylation is 1. The maximum absolute atomic E-state index is 12.8. The fourth-order valence-electron chi connectivity index (χ4n) is 4.01. The van der Waals surface area contributed by atoms with Gasteiger partial charge in [0.2, 0.25) is 0 Å². The molecule has 5 rings (SSSR count). The Kier molecular flexibility index (Phi) is 5.28. The third-order valence-corrected chi connectivity index (χ3v) is 5.79. The number of aromatic amines is 1. The van der Waals surface area contributed by atoms with E-state index in [0.717, 1.165) is 54.8 Å². The van der Waals surface area contributed by atoms with Gasteiger partial charge < -0.3 is 20.9 Å². The van der Waals surface area contributed by atoms with Gasteiger partial charge in [0, 0.05) is 30.8 Å². The predicted octanol–water partition coefficient (Wildman–Crippen LogP) is 3.01. The van der Waals surface area contributed by atoms with Crippen molar-refractivity contribution in [2.24, 2.45) is 0 Å². The first-order valence-electron chi connectivity index (χ1n) is 10.8. The van der Waals surface area contributed by atoms with Gasteiger partial charge in [-0.05, 0) is 43.7 Å². The van der Waals surface area contributed by atoms with Crippen molar-refractivity contribution < 1.29 is 4.79 Å². The summed E-state index contributed by atoms with van der Waals surface area (Å²) in [5.74, 6) is 0.955. The highest BCUT2D eigenvalue weighted by Crippen LogP contribution is 2.27. The predicted molar refractivity (Wildman–Crippen MR) is 125 cm³/mol. The quantitative estimate of drug-likeness (QED) is 0.463. The zero-order valence-corrected chi connectivity index (χ0v) is 17.9. The molecule has 0 unspecified atom stereocenters. The minimum atomic E-state index is 0.0574. The van der Waals surface area contributed by atoms with Crippen LogP contribution in [-0.2, 0) is 0 Å². The molecule has 4 N–H and O–H groups in total. The van der Waals surface area contributed by atoms with Crippen LogP contribution in [0.3, 0.4) is 0 Å². The van der Waals surface area contributed by atoms with Crippen LogP contribution in [0.5, 0.6) is 0 Å². The second-order valence-corrected chi connectivity index (χ2v) is 8.02. The number of hydrogen-bond donors (Lipinski definition) is 3. The number of nitrogen functional groups attached to an aromatic ring is 1. The van der Waals surface area contributed by atoms with Crippen molar-refractivity contribution in [1.29, 1.82) is 0 Å². The zero-order valence-electron chi connectivity index (χ0n) is 17.9. The number of carbonyl (C=O) groups is 1. The highest BCUT2D eigenvalue weighted by Gasteiger charge is 2.18. The molecule has 0 spiro atoms. The normalized spacial score (nSPS) is 14.5. The van der Waals surface area contributed by atoms with E-state index in [0.29, 0.717) is 28.6 Å². The average molecular weight is 428 g/mol. The first kappa shape index (κ1) is 20.1. The van der Waals surface area contributed by atoms with Gasteiger partial charge in [0.05, 0.1) is 22.9 Å². The first-order chi connectivity index (χ1) is 15.6. The van der Waals surface area contributed by atoms with Crippen LogP contribution in [0.2, 0.25) is 0 Å². The van der Waals surface area contributed by atoms with Gasteiger partial charge in [-0.15, -0.1) is 0 Å². The van der Waals surface area contributed by atoms with Crippen molar-refractivity contribution in [3.8, 4) is 22.8 Å². The molecule has 0 atom stereocenters. The summed E-state index contributed by atoms with van der Waals surface area (Å²) in [6.45, 7) is 5.30. The number of para-hydroxylation sites is 1. The molecule has 1 aliphatic heterocycles. The van der Waals surface area contributed by atoms with Crippen LogP contribution in [0.1, 0.15) is 22.3 Å². The number of benzene rings is 2. The number of nitrogens with zero attached hydrogens (tertiary/aromatic N) is 4. The minimum absolute atomic E-state index is 0.0574. The van der Waals surface area contributed by atoms with Gasteiger partial charge in [-0.2, -0.15) is 0 Å². The Morgan fingerprint density at radius 3 is 2.72 bits per heavy atom. The van der Waals surface area contributed by atoms with Crippen LogP contribution >= 0.6 is 0 Å². The van der Waals surface area contributed by atoms with E-state index in [1.165, 1.54) is 0 Å². The molecule has 3 heterocycles. The molecular weight excluding hydrogens is 402 g/mol. The highest BCUT2D eigenvalue weighted by molar-refractivity contribution is 5.94. The van der Waals surface area contributed by atoms with E-state index < -0.39 is 0 Å². The van der Waals surface area contributed by atoms with Gasteiger partial charge in [0.1, 0.15) is 5.69 Å². The summed E-state index contributed by atoms with van der Waals surface area (Å²) in [5, 5.41) is 3.32. The number of imidazole rings is 1. The van der Waals surface area contributed by atoms with Gasteiger partial charge >= 0.3 is 0 Å². The Morgan fingerprint density at radius 2 is 1.91 bits per heavy atom. The first-order valence-corrected chi connectivity index (χ1v) is 10.8. The van der Waals surface area contributed by atoms with E-state index in [1.807, 2.05) is 54.3 Å². The summed E-state index contributed by atoms with van der Waals surface area (Å²) in [6.07, 6.45) is 2.61. The lowest BCUT2D eigenvalue weighted by Gasteiger charge is -2.20. The zero-order chi connectivity index (χ0) is 22.1. The van der Waals surface area contributed by atoms with E-state index in [1.54, 1.807) is 6.20 Å². The number of nitrogens with two attached hydrogens (primary N) is 1. The Morgan fingerprint density at radius 1 is 1.06 bits per heavy atom. The number of fused-ring (bicyclic) bond motifs is 1. The fraction of sp³-hybridized carbons (Fsp3) is 0.250. The average Bonchev–Trinajstić information content (AvgIpc) is 3.07. The van der Waals surface area contributed by atoms with Crippen molar-refractivity contribution in [1.82, 2.24) is 30.2 Å². The van der Waals surface area contributed by atoms with E-state index in [-0.39, 0.29) is 5.91 Å². The van der Waals surface area contributed by atoms with E-state index in [4.69, 9.17) is 10.7 Å². The Labute approximate surface area is 185 Å². The largest absolute Gasteiger partial charge is 0.382 e. The highest BCUT2D eigenvalue weighted by atomic mass is 16.2. The second-order valence-electron chi connectivity index (χ2n) is 8.02. The van der Waals surface area contributed by atoms with Crippen molar-refractivity contribution in [2.45, 2.75) is 13.3 Å². The molecule has 8 heteroatoms. The summed E-state index contributed by atoms with van der Waals surface area (Å²) in [6, 6.07) is 13.5. The molecule has 4 aromatic rings. The molecule has 0 bridgehead atoms. The fourth-order valence-corrected chi connectivity index (χ4v) is 4.01. The molecule has 8 nitrogen and oxygen atoms in total. The van der Waals surface area contributed by atoms with Crippen molar-refractivity contribution in [3.63, 3.8) is 0 Å². The Hall–Kier alpha value is -3.78. The molecule has 2 aromatic heterocycles. The third-order valence-electron chi connectivity index (χ3n) is 5.79. The minimum Gasteiger partial charge on any atom is -0.382 e. The number of amides is 1. The second kappa shape index (κ2) is 8.39. The lowest BCUT2D eigenvalue weighted by Crippen LogP contribution is -2.34. The summed E-state index contributed by atoms with van der Waals surface area (Å²) < 4.78 is 0. The molecule has 0 saturated carbocycles. The molecular formula is C24H25N7O. The van der Waals surface area contributed by atoms with E-state index in [2.05, 4.69) is 20.3 Å². The number of H-pyrrole nitrogens is 1. The summed E-state index contributed by atoms with van der Waals surface area (Å²) in [4.78, 5) is 31.8. The smallest absolute Gasteiger partial charge is 0.253 e. The molecule has 0 aliphatic carbocycles. The topological polar surface area (TPSA) is 113 Å². The molecule has 162 valence electrons. The number of hydrogen-bond acceptors (Lipinski definition) is 6. The van der Waals surface area contributed by atoms with Crippen molar-refractivity contribution in [2.75, 3.05) is 31.9 Å². The standard InChI is InChI=1S/C24H25N7O/c1-15-4-2-5-18-20(15)30-23(29-18)21-22(25)27-14-19(28-21)16-6-8-17(9-7-16)24(32)31-12-3-10-26-11-13-31/h2,4-9,14,26H,3,10-13H2,1H3,(H2,25,27)(H,29,30). The van der Waals surface area contributed by atoms with Gasteiger partial charge in [-0.1, -0.05) is 24.3 Å². The molecule has 1 saturated heterocycles. The Bertz CT molecular complexity index is 1270. The number of rotatable bonds is 3.